The maximum atomic E-state index is 13.4. The Bertz CT molecular complexity index is 730. The van der Waals surface area contributed by atoms with Crippen molar-refractivity contribution in [2.45, 2.75) is 45.2 Å². The second-order valence-electron chi connectivity index (χ2n) is 7.72. The van der Waals surface area contributed by atoms with Gasteiger partial charge in [0.15, 0.2) is 11.5 Å². The number of amides is 2. The third-order valence-electron chi connectivity index (χ3n) is 5.13. The summed E-state index contributed by atoms with van der Waals surface area (Å²) in [5.74, 6) is 0.540. The smallest absolute Gasteiger partial charge is 0.407 e. The van der Waals surface area contributed by atoms with Crippen LogP contribution < -0.4 is 9.47 Å². The molecule has 2 rings (SSSR count). The van der Waals surface area contributed by atoms with E-state index in [1.54, 1.807) is 30.2 Å². The van der Waals surface area contributed by atoms with E-state index in [0.717, 1.165) is 6.42 Å². The second-order valence-corrected chi connectivity index (χ2v) is 7.72. The fraction of sp³-hybridized carbons (Fsp3) is 0.636. The highest BCUT2D eigenvalue weighted by molar-refractivity contribution is 5.95. The number of carbonyl (C=O) groups excluding carboxylic acids is 1. The SMILES string of the molecule is COCCCOc1cc(C(=O)N(C(C)C)[C@@H]2CCCN(C(=O)O)C2)ccc1OCCF. The molecular weight excluding hydrogens is 407 g/mol. The number of likely N-dealkylation sites (tertiary alicyclic amines) is 1. The highest BCUT2D eigenvalue weighted by Gasteiger charge is 2.32. The minimum atomic E-state index is -0.970. The Morgan fingerprint density at radius 2 is 1.97 bits per heavy atom. The molecule has 0 aromatic heterocycles. The van der Waals surface area contributed by atoms with Gasteiger partial charge in [-0.15, -0.1) is 0 Å². The molecule has 1 saturated heterocycles. The molecule has 0 bridgehead atoms. The van der Waals surface area contributed by atoms with Crippen molar-refractivity contribution in [3.05, 3.63) is 23.8 Å². The lowest BCUT2D eigenvalue weighted by Crippen LogP contribution is -2.53. The van der Waals surface area contributed by atoms with Crippen molar-refractivity contribution in [1.82, 2.24) is 9.80 Å². The predicted molar refractivity (Wildman–Crippen MR) is 114 cm³/mol. The van der Waals surface area contributed by atoms with Crippen LogP contribution in [0.2, 0.25) is 0 Å². The summed E-state index contributed by atoms with van der Waals surface area (Å²) in [6.45, 7) is 4.75. The molecule has 0 saturated carbocycles. The molecule has 1 atom stereocenters. The van der Waals surface area contributed by atoms with Crippen LogP contribution in [0.25, 0.3) is 0 Å². The first-order valence-corrected chi connectivity index (χ1v) is 10.6. The first-order chi connectivity index (χ1) is 14.9. The van der Waals surface area contributed by atoms with Gasteiger partial charge in [0.2, 0.25) is 0 Å². The summed E-state index contributed by atoms with van der Waals surface area (Å²) in [6.07, 6.45) is 1.13. The van der Waals surface area contributed by atoms with Crippen molar-refractivity contribution >= 4 is 12.0 Å². The lowest BCUT2D eigenvalue weighted by molar-refractivity contribution is 0.0449. The second kappa shape index (κ2) is 12.3. The van der Waals surface area contributed by atoms with Crippen LogP contribution in [-0.2, 0) is 4.74 Å². The quantitative estimate of drug-likeness (QED) is 0.531. The van der Waals surface area contributed by atoms with Gasteiger partial charge in [0.05, 0.1) is 12.6 Å². The Morgan fingerprint density at radius 1 is 1.23 bits per heavy atom. The fourth-order valence-corrected chi connectivity index (χ4v) is 3.73. The van der Waals surface area contributed by atoms with Crippen LogP contribution in [0.5, 0.6) is 11.5 Å². The van der Waals surface area contributed by atoms with Gasteiger partial charge in [-0.1, -0.05) is 0 Å². The number of alkyl halides is 1. The van der Waals surface area contributed by atoms with Crippen molar-refractivity contribution in [2.24, 2.45) is 0 Å². The van der Waals surface area contributed by atoms with Gasteiger partial charge in [-0.2, -0.15) is 0 Å². The molecule has 0 unspecified atom stereocenters. The topological polar surface area (TPSA) is 88.5 Å². The first-order valence-electron chi connectivity index (χ1n) is 10.6. The summed E-state index contributed by atoms with van der Waals surface area (Å²) in [5, 5.41) is 9.35. The van der Waals surface area contributed by atoms with Crippen molar-refractivity contribution < 1.29 is 33.3 Å². The number of carbonyl (C=O) groups is 2. The van der Waals surface area contributed by atoms with E-state index < -0.39 is 12.8 Å². The monoisotopic (exact) mass is 440 g/mol. The van der Waals surface area contributed by atoms with Crippen LogP contribution in [0.3, 0.4) is 0 Å². The Morgan fingerprint density at radius 3 is 2.61 bits per heavy atom. The summed E-state index contributed by atoms with van der Waals surface area (Å²) in [7, 11) is 1.60. The number of methoxy groups -OCH3 is 1. The number of rotatable bonds is 11. The normalized spacial score (nSPS) is 16.3. The average molecular weight is 441 g/mol. The molecule has 1 aromatic rings. The van der Waals surface area contributed by atoms with Crippen LogP contribution in [0.1, 0.15) is 43.5 Å². The van der Waals surface area contributed by atoms with Gasteiger partial charge in [-0.3, -0.25) is 4.79 Å². The number of halogens is 1. The van der Waals surface area contributed by atoms with E-state index in [4.69, 9.17) is 14.2 Å². The molecule has 0 aliphatic carbocycles. The summed E-state index contributed by atoms with van der Waals surface area (Å²) in [5.41, 5.74) is 0.412. The van der Waals surface area contributed by atoms with Crippen molar-refractivity contribution in [3.8, 4) is 11.5 Å². The molecule has 8 nitrogen and oxygen atoms in total. The molecule has 9 heteroatoms. The number of ether oxygens (including phenoxy) is 3. The molecule has 31 heavy (non-hydrogen) atoms. The van der Waals surface area contributed by atoms with Crippen molar-refractivity contribution in [2.75, 3.05) is 46.7 Å². The number of carboxylic acid groups (broad SMARTS) is 1. The average Bonchev–Trinajstić information content (AvgIpc) is 2.75. The molecule has 174 valence electrons. The van der Waals surface area contributed by atoms with Gasteiger partial charge in [0, 0.05) is 44.8 Å². The van der Waals surface area contributed by atoms with Crippen molar-refractivity contribution in [1.29, 1.82) is 0 Å². The molecular formula is C22H33FN2O6. The lowest BCUT2D eigenvalue weighted by atomic mass is 10.0. The number of hydrogen-bond acceptors (Lipinski definition) is 5. The summed E-state index contributed by atoms with van der Waals surface area (Å²) in [6, 6.07) is 4.53. The van der Waals surface area contributed by atoms with Crippen LogP contribution >= 0.6 is 0 Å². The van der Waals surface area contributed by atoms with E-state index >= 15 is 0 Å². The van der Waals surface area contributed by atoms with Gasteiger partial charge in [0.1, 0.15) is 13.3 Å². The number of benzene rings is 1. The highest BCUT2D eigenvalue weighted by Crippen LogP contribution is 2.30. The molecule has 1 aliphatic heterocycles. The van der Waals surface area contributed by atoms with Gasteiger partial charge in [-0.05, 0) is 44.9 Å². The molecule has 0 spiro atoms. The number of nitrogens with zero attached hydrogens (tertiary/aromatic N) is 2. The van der Waals surface area contributed by atoms with Gasteiger partial charge < -0.3 is 29.1 Å². The first kappa shape index (κ1) is 24.7. The van der Waals surface area contributed by atoms with Crippen LogP contribution in [0, 0.1) is 0 Å². The molecule has 1 aliphatic rings. The van der Waals surface area contributed by atoms with Gasteiger partial charge >= 0.3 is 6.09 Å². The zero-order valence-electron chi connectivity index (χ0n) is 18.5. The largest absolute Gasteiger partial charge is 0.490 e. The Labute approximate surface area is 182 Å². The maximum Gasteiger partial charge on any atom is 0.407 e. The zero-order chi connectivity index (χ0) is 22.8. The lowest BCUT2D eigenvalue weighted by Gasteiger charge is -2.40. The summed E-state index contributed by atoms with van der Waals surface area (Å²) < 4.78 is 28.8. The summed E-state index contributed by atoms with van der Waals surface area (Å²) in [4.78, 5) is 27.9. The molecule has 1 N–H and O–H groups in total. The molecule has 0 radical (unpaired) electrons. The molecule has 1 heterocycles. The van der Waals surface area contributed by atoms with Crippen LogP contribution in [-0.4, -0.2) is 85.7 Å². The minimum Gasteiger partial charge on any atom is -0.490 e. The Hall–Kier alpha value is -2.55. The van der Waals surface area contributed by atoms with Crippen LogP contribution in [0.15, 0.2) is 18.2 Å². The van der Waals surface area contributed by atoms with Crippen molar-refractivity contribution in [3.63, 3.8) is 0 Å². The van der Waals surface area contributed by atoms with E-state index in [1.165, 1.54) is 4.90 Å². The predicted octanol–water partition coefficient (Wildman–Crippen LogP) is 3.44. The van der Waals surface area contributed by atoms with E-state index in [0.29, 0.717) is 49.7 Å². The van der Waals surface area contributed by atoms with Crippen LogP contribution in [0.4, 0.5) is 9.18 Å². The Balaban J connectivity index is 2.24. The van der Waals surface area contributed by atoms with E-state index in [9.17, 15) is 19.1 Å². The fourth-order valence-electron chi connectivity index (χ4n) is 3.73. The van der Waals surface area contributed by atoms with Gasteiger partial charge in [-0.25, -0.2) is 9.18 Å². The molecule has 1 aromatic carbocycles. The minimum absolute atomic E-state index is 0.104. The number of piperidine rings is 1. The van der Waals surface area contributed by atoms with E-state index in [-0.39, 0.29) is 31.1 Å². The molecule has 2 amide bonds. The standard InChI is InChI=1S/C22H33FN2O6/c1-16(2)25(18-6-4-10-24(15-18)22(27)28)21(26)17-7-8-19(31-13-9-23)20(14-17)30-12-5-11-29-3/h7-8,14,16,18H,4-6,9-13,15H2,1-3H3,(H,27,28)/t18-/m1/s1. The number of hydrogen-bond donors (Lipinski definition) is 1. The molecule has 1 fully saturated rings. The Kier molecular flexibility index (Phi) is 9.84. The van der Waals surface area contributed by atoms with E-state index in [2.05, 4.69) is 0 Å². The third-order valence-corrected chi connectivity index (χ3v) is 5.13. The zero-order valence-corrected chi connectivity index (χ0v) is 18.5. The van der Waals surface area contributed by atoms with E-state index in [1.807, 2.05) is 13.8 Å². The highest BCUT2D eigenvalue weighted by atomic mass is 19.1. The summed E-state index contributed by atoms with van der Waals surface area (Å²) >= 11 is 0. The maximum absolute atomic E-state index is 13.4. The third kappa shape index (κ3) is 6.99. The van der Waals surface area contributed by atoms with Gasteiger partial charge in [0.25, 0.3) is 5.91 Å².